The van der Waals surface area contributed by atoms with Crippen LogP contribution in [-0.2, 0) is 22.4 Å². The van der Waals surface area contributed by atoms with Gasteiger partial charge in [-0.1, -0.05) is 19.8 Å². The van der Waals surface area contributed by atoms with E-state index in [2.05, 4.69) is 12.2 Å². The highest BCUT2D eigenvalue weighted by molar-refractivity contribution is 7.14. The molecule has 1 aromatic rings. The largest absolute Gasteiger partial charge is 0.448 e. The van der Waals surface area contributed by atoms with Crippen molar-refractivity contribution < 1.29 is 14.3 Å². The molecular formula is C18H25NO3S. The fourth-order valence-electron chi connectivity index (χ4n) is 3.47. The SMILES string of the molecule is C[C@@H]1CCc2sc(C(=O)O[C@@H](C)C(=O)NC3CCCC3)cc2C1. The van der Waals surface area contributed by atoms with E-state index in [0.29, 0.717) is 10.8 Å². The van der Waals surface area contributed by atoms with Crippen LogP contribution < -0.4 is 5.32 Å². The maximum atomic E-state index is 12.3. The van der Waals surface area contributed by atoms with Gasteiger partial charge in [-0.2, -0.15) is 0 Å². The Hall–Kier alpha value is -1.36. The van der Waals surface area contributed by atoms with Gasteiger partial charge in [-0.3, -0.25) is 4.79 Å². The third kappa shape index (κ3) is 3.94. The Morgan fingerprint density at radius 2 is 2.04 bits per heavy atom. The standard InChI is InChI=1S/C18H25NO3S/c1-11-7-8-15-13(9-11)10-16(23-15)18(21)22-12(2)17(20)19-14-5-3-4-6-14/h10-12,14H,3-9H2,1-2H3,(H,19,20)/t11-,12+/m1/s1. The maximum absolute atomic E-state index is 12.3. The molecule has 2 aliphatic carbocycles. The predicted molar refractivity (Wildman–Crippen MR) is 90.8 cm³/mol. The average Bonchev–Trinajstić information content (AvgIpc) is 3.15. The van der Waals surface area contributed by atoms with Gasteiger partial charge < -0.3 is 10.1 Å². The lowest BCUT2D eigenvalue weighted by Gasteiger charge is -2.16. The normalized spacial score (nSPS) is 22.4. The van der Waals surface area contributed by atoms with E-state index < -0.39 is 6.10 Å². The van der Waals surface area contributed by atoms with Gasteiger partial charge in [0.05, 0.1) is 0 Å². The molecule has 4 nitrogen and oxygen atoms in total. The van der Waals surface area contributed by atoms with Crippen molar-refractivity contribution in [2.24, 2.45) is 5.92 Å². The lowest BCUT2D eigenvalue weighted by Crippen LogP contribution is -2.40. The van der Waals surface area contributed by atoms with E-state index in [9.17, 15) is 9.59 Å². The van der Waals surface area contributed by atoms with Gasteiger partial charge in [-0.15, -0.1) is 11.3 Å². The van der Waals surface area contributed by atoms with Crippen molar-refractivity contribution in [2.45, 2.75) is 70.9 Å². The maximum Gasteiger partial charge on any atom is 0.349 e. The first-order valence-corrected chi connectivity index (χ1v) is 9.47. The second-order valence-corrected chi connectivity index (χ2v) is 8.08. The Bertz CT molecular complexity index is 589. The molecule has 0 aliphatic heterocycles. The molecule has 0 bridgehead atoms. The van der Waals surface area contributed by atoms with Crippen molar-refractivity contribution >= 4 is 23.2 Å². The molecule has 126 valence electrons. The third-order valence-electron chi connectivity index (χ3n) is 4.88. The second-order valence-electron chi connectivity index (χ2n) is 6.94. The van der Waals surface area contributed by atoms with Gasteiger partial charge in [-0.05, 0) is 56.6 Å². The highest BCUT2D eigenvalue weighted by atomic mass is 32.1. The van der Waals surface area contributed by atoms with Crippen molar-refractivity contribution in [1.29, 1.82) is 0 Å². The minimum atomic E-state index is -0.735. The lowest BCUT2D eigenvalue weighted by atomic mass is 9.90. The lowest BCUT2D eigenvalue weighted by molar-refractivity contribution is -0.129. The van der Waals surface area contributed by atoms with E-state index in [1.54, 1.807) is 6.92 Å². The summed E-state index contributed by atoms with van der Waals surface area (Å²) in [6, 6.07) is 2.21. The number of fused-ring (bicyclic) bond motifs is 1. The molecule has 1 fully saturated rings. The number of aryl methyl sites for hydroxylation is 1. The number of carbonyl (C=O) groups is 2. The molecule has 23 heavy (non-hydrogen) atoms. The molecule has 1 heterocycles. The van der Waals surface area contributed by atoms with Gasteiger partial charge in [0.2, 0.25) is 0 Å². The molecule has 1 amide bonds. The highest BCUT2D eigenvalue weighted by Crippen LogP contribution is 2.32. The molecule has 3 rings (SSSR count). The summed E-state index contributed by atoms with van der Waals surface area (Å²) in [5.74, 6) is 0.128. The summed E-state index contributed by atoms with van der Waals surface area (Å²) in [4.78, 5) is 26.4. The second kappa shape index (κ2) is 7.04. The number of ether oxygens (including phenoxy) is 1. The van der Waals surface area contributed by atoms with Crippen LogP contribution in [0.15, 0.2) is 6.07 Å². The van der Waals surface area contributed by atoms with Crippen LogP contribution in [0.4, 0.5) is 0 Å². The zero-order valence-electron chi connectivity index (χ0n) is 13.9. The molecule has 2 atom stereocenters. The zero-order chi connectivity index (χ0) is 16.4. The number of amides is 1. The Labute approximate surface area is 141 Å². The van der Waals surface area contributed by atoms with Crippen LogP contribution >= 0.6 is 11.3 Å². The topological polar surface area (TPSA) is 55.4 Å². The van der Waals surface area contributed by atoms with E-state index >= 15 is 0 Å². The van der Waals surface area contributed by atoms with Crippen LogP contribution in [0.2, 0.25) is 0 Å². The number of thiophene rings is 1. The van der Waals surface area contributed by atoms with E-state index in [1.165, 1.54) is 28.2 Å². The van der Waals surface area contributed by atoms with Crippen LogP contribution in [0.1, 0.15) is 66.1 Å². The number of nitrogens with one attached hydrogen (secondary N) is 1. The smallest absolute Gasteiger partial charge is 0.349 e. The summed E-state index contributed by atoms with van der Waals surface area (Å²) in [5, 5.41) is 2.98. The molecule has 2 aliphatic rings. The first-order chi connectivity index (χ1) is 11.0. The first kappa shape index (κ1) is 16.5. The average molecular weight is 335 g/mol. The molecule has 1 aromatic heterocycles. The van der Waals surface area contributed by atoms with Crippen LogP contribution in [0.3, 0.4) is 0 Å². The Morgan fingerprint density at radius 3 is 2.78 bits per heavy atom. The van der Waals surface area contributed by atoms with Gasteiger partial charge in [0, 0.05) is 10.9 Å². The van der Waals surface area contributed by atoms with Gasteiger partial charge in [-0.25, -0.2) is 4.79 Å². The van der Waals surface area contributed by atoms with Gasteiger partial charge in [0.15, 0.2) is 6.10 Å². The highest BCUT2D eigenvalue weighted by Gasteiger charge is 2.26. The molecular weight excluding hydrogens is 310 g/mol. The summed E-state index contributed by atoms with van der Waals surface area (Å²) >= 11 is 1.53. The van der Waals surface area contributed by atoms with E-state index in [1.807, 2.05) is 6.07 Å². The summed E-state index contributed by atoms with van der Waals surface area (Å²) in [5.41, 5.74) is 1.28. The molecule has 0 unspecified atom stereocenters. The van der Waals surface area contributed by atoms with Crippen molar-refractivity contribution in [3.63, 3.8) is 0 Å². The quantitative estimate of drug-likeness (QED) is 0.857. The minimum absolute atomic E-state index is 0.180. The number of esters is 1. The molecule has 1 saturated carbocycles. The van der Waals surface area contributed by atoms with Crippen LogP contribution in [0.5, 0.6) is 0 Å². The first-order valence-electron chi connectivity index (χ1n) is 8.66. The molecule has 5 heteroatoms. The van der Waals surface area contributed by atoms with Crippen molar-refractivity contribution in [2.75, 3.05) is 0 Å². The van der Waals surface area contributed by atoms with E-state index in [0.717, 1.165) is 38.5 Å². The van der Waals surface area contributed by atoms with Crippen molar-refractivity contribution in [1.82, 2.24) is 5.32 Å². The van der Waals surface area contributed by atoms with E-state index in [4.69, 9.17) is 4.74 Å². The van der Waals surface area contributed by atoms with Gasteiger partial charge >= 0.3 is 5.97 Å². The molecule has 0 radical (unpaired) electrons. The van der Waals surface area contributed by atoms with Gasteiger partial charge in [0.25, 0.3) is 5.91 Å². The fourth-order valence-corrected chi connectivity index (χ4v) is 4.56. The number of hydrogen-bond acceptors (Lipinski definition) is 4. The van der Waals surface area contributed by atoms with Crippen LogP contribution in [-0.4, -0.2) is 24.0 Å². The Balaban J connectivity index is 1.56. The van der Waals surface area contributed by atoms with Crippen molar-refractivity contribution in [3.05, 3.63) is 21.4 Å². The molecule has 1 N–H and O–H groups in total. The van der Waals surface area contributed by atoms with Crippen LogP contribution in [0, 0.1) is 5.92 Å². The van der Waals surface area contributed by atoms with Crippen molar-refractivity contribution in [3.8, 4) is 0 Å². The van der Waals surface area contributed by atoms with Crippen LogP contribution in [0.25, 0.3) is 0 Å². The minimum Gasteiger partial charge on any atom is -0.448 e. The number of carbonyl (C=O) groups excluding carboxylic acids is 2. The predicted octanol–water partition coefficient (Wildman–Crippen LogP) is 3.48. The molecule has 0 aromatic carbocycles. The summed E-state index contributed by atoms with van der Waals surface area (Å²) in [7, 11) is 0. The number of hydrogen-bond donors (Lipinski definition) is 1. The number of rotatable bonds is 4. The fraction of sp³-hybridized carbons (Fsp3) is 0.667. The summed E-state index contributed by atoms with van der Waals surface area (Å²) in [6.45, 7) is 3.89. The van der Waals surface area contributed by atoms with E-state index in [-0.39, 0.29) is 17.9 Å². The Kier molecular flexibility index (Phi) is 5.05. The molecule has 0 saturated heterocycles. The van der Waals surface area contributed by atoms with Gasteiger partial charge in [0.1, 0.15) is 4.88 Å². The Morgan fingerprint density at radius 1 is 1.30 bits per heavy atom. The zero-order valence-corrected chi connectivity index (χ0v) is 14.7. The summed E-state index contributed by atoms with van der Waals surface area (Å²) in [6.07, 6.45) is 6.92. The molecule has 0 spiro atoms. The monoisotopic (exact) mass is 335 g/mol. The third-order valence-corrected chi connectivity index (χ3v) is 6.10. The summed E-state index contributed by atoms with van der Waals surface area (Å²) < 4.78 is 5.37.